The van der Waals surface area contributed by atoms with E-state index in [1.165, 1.54) is 0 Å². The number of carbonyl (C=O) groups is 1. The standard InChI is InChI=1S/C20H23N5O2/c1-13(2)18-21-10-7-16(22-18)19(26)24-11-8-14(9-12-24)25-17-6-4-3-5-15(17)23-20(25)27/h3-7,10,13-14H,8-9,11-12H2,1-2H3,(H,23,27). The first-order valence-electron chi connectivity index (χ1n) is 9.36. The lowest BCUT2D eigenvalue weighted by Gasteiger charge is -2.32. The van der Waals surface area contributed by atoms with Crippen LogP contribution in [0.25, 0.3) is 11.0 Å². The molecule has 0 atom stereocenters. The van der Waals surface area contributed by atoms with Crippen LogP contribution in [0, 0.1) is 0 Å². The zero-order valence-corrected chi connectivity index (χ0v) is 15.6. The highest BCUT2D eigenvalue weighted by atomic mass is 16.2. The van der Waals surface area contributed by atoms with Crippen LogP contribution in [0.2, 0.25) is 0 Å². The number of benzene rings is 1. The maximum atomic E-state index is 12.8. The van der Waals surface area contributed by atoms with Crippen LogP contribution in [-0.4, -0.2) is 43.4 Å². The summed E-state index contributed by atoms with van der Waals surface area (Å²) in [6.45, 7) is 5.23. The average Bonchev–Trinajstić information content (AvgIpc) is 3.03. The molecule has 4 rings (SSSR count). The van der Waals surface area contributed by atoms with Gasteiger partial charge in [-0.15, -0.1) is 0 Å². The Bertz CT molecular complexity index is 1030. The summed E-state index contributed by atoms with van der Waals surface area (Å²) in [6.07, 6.45) is 3.14. The predicted molar refractivity (Wildman–Crippen MR) is 103 cm³/mol. The van der Waals surface area contributed by atoms with Crippen molar-refractivity contribution in [2.75, 3.05) is 13.1 Å². The molecule has 1 amide bonds. The van der Waals surface area contributed by atoms with Gasteiger partial charge in [-0.3, -0.25) is 9.36 Å². The number of likely N-dealkylation sites (tertiary alicyclic amines) is 1. The number of imidazole rings is 1. The fourth-order valence-corrected chi connectivity index (χ4v) is 3.70. The molecule has 7 nitrogen and oxygen atoms in total. The van der Waals surface area contributed by atoms with Gasteiger partial charge in [-0.2, -0.15) is 0 Å². The highest BCUT2D eigenvalue weighted by Gasteiger charge is 2.27. The molecule has 1 N–H and O–H groups in total. The minimum absolute atomic E-state index is 0.0657. The molecule has 1 aliphatic heterocycles. The Morgan fingerprint density at radius 3 is 2.67 bits per heavy atom. The van der Waals surface area contributed by atoms with E-state index in [9.17, 15) is 9.59 Å². The molecule has 3 aromatic rings. The van der Waals surface area contributed by atoms with Gasteiger partial charge in [0.1, 0.15) is 11.5 Å². The summed E-state index contributed by atoms with van der Waals surface area (Å²) in [6, 6.07) is 9.48. The minimum atomic E-state index is -0.0849. The quantitative estimate of drug-likeness (QED) is 0.773. The highest BCUT2D eigenvalue weighted by molar-refractivity contribution is 5.92. The smallest absolute Gasteiger partial charge is 0.326 e. The molecular formula is C20H23N5O2. The van der Waals surface area contributed by atoms with Gasteiger partial charge in [-0.25, -0.2) is 14.8 Å². The molecule has 3 heterocycles. The van der Waals surface area contributed by atoms with E-state index < -0.39 is 0 Å². The third-order valence-electron chi connectivity index (χ3n) is 5.15. The van der Waals surface area contributed by atoms with Crippen molar-refractivity contribution in [3.05, 3.63) is 58.5 Å². The van der Waals surface area contributed by atoms with E-state index >= 15 is 0 Å². The second kappa shape index (κ2) is 6.98. The van der Waals surface area contributed by atoms with Gasteiger partial charge in [0, 0.05) is 31.2 Å². The lowest BCUT2D eigenvalue weighted by Crippen LogP contribution is -2.40. The number of rotatable bonds is 3. The first-order valence-corrected chi connectivity index (χ1v) is 9.36. The van der Waals surface area contributed by atoms with Crippen LogP contribution in [0.3, 0.4) is 0 Å². The van der Waals surface area contributed by atoms with E-state index in [0.717, 1.165) is 23.9 Å². The number of amides is 1. The van der Waals surface area contributed by atoms with Crippen molar-refractivity contribution in [1.29, 1.82) is 0 Å². The number of fused-ring (bicyclic) bond motifs is 1. The Balaban J connectivity index is 1.50. The van der Waals surface area contributed by atoms with Gasteiger partial charge in [-0.1, -0.05) is 26.0 Å². The second-order valence-electron chi connectivity index (χ2n) is 7.30. The van der Waals surface area contributed by atoms with E-state index in [4.69, 9.17) is 0 Å². The maximum absolute atomic E-state index is 12.8. The normalized spacial score (nSPS) is 15.6. The first-order chi connectivity index (χ1) is 13.0. The summed E-state index contributed by atoms with van der Waals surface area (Å²) < 4.78 is 1.83. The molecule has 140 valence electrons. The maximum Gasteiger partial charge on any atom is 0.326 e. The van der Waals surface area contributed by atoms with Gasteiger partial charge < -0.3 is 9.88 Å². The lowest BCUT2D eigenvalue weighted by molar-refractivity contribution is 0.0688. The van der Waals surface area contributed by atoms with Gasteiger partial charge in [0.05, 0.1) is 11.0 Å². The monoisotopic (exact) mass is 365 g/mol. The van der Waals surface area contributed by atoms with Crippen LogP contribution >= 0.6 is 0 Å². The summed E-state index contributed by atoms with van der Waals surface area (Å²) >= 11 is 0. The third-order valence-corrected chi connectivity index (χ3v) is 5.15. The zero-order chi connectivity index (χ0) is 19.0. The van der Waals surface area contributed by atoms with Gasteiger partial charge >= 0.3 is 5.69 Å². The van der Waals surface area contributed by atoms with E-state index in [-0.39, 0.29) is 23.6 Å². The van der Waals surface area contributed by atoms with Crippen molar-refractivity contribution < 1.29 is 4.79 Å². The number of aromatic amines is 1. The topological polar surface area (TPSA) is 83.9 Å². The Kier molecular flexibility index (Phi) is 4.51. The average molecular weight is 365 g/mol. The van der Waals surface area contributed by atoms with Crippen LogP contribution in [-0.2, 0) is 0 Å². The summed E-state index contributed by atoms with van der Waals surface area (Å²) in [5.41, 5.74) is 2.13. The van der Waals surface area contributed by atoms with E-state index in [1.54, 1.807) is 12.3 Å². The number of carbonyl (C=O) groups excluding carboxylic acids is 1. The molecule has 2 aromatic heterocycles. The number of aromatic nitrogens is 4. The number of nitrogens with one attached hydrogen (secondary N) is 1. The fourth-order valence-electron chi connectivity index (χ4n) is 3.70. The number of hydrogen-bond donors (Lipinski definition) is 1. The Morgan fingerprint density at radius 1 is 1.19 bits per heavy atom. The number of nitrogens with zero attached hydrogens (tertiary/aromatic N) is 4. The largest absolute Gasteiger partial charge is 0.337 e. The molecule has 0 saturated carbocycles. The molecule has 0 spiro atoms. The van der Waals surface area contributed by atoms with Crippen LogP contribution in [0.1, 0.15) is 55.0 Å². The molecule has 1 aromatic carbocycles. The molecule has 0 radical (unpaired) electrons. The van der Waals surface area contributed by atoms with Crippen LogP contribution in [0.15, 0.2) is 41.3 Å². The summed E-state index contributed by atoms with van der Waals surface area (Å²) in [5, 5.41) is 0. The van der Waals surface area contributed by atoms with Crippen LogP contribution in [0.5, 0.6) is 0 Å². The number of hydrogen-bond acceptors (Lipinski definition) is 4. The predicted octanol–water partition coefficient (Wildman–Crippen LogP) is 2.72. The molecular weight excluding hydrogens is 342 g/mol. The molecule has 1 fully saturated rings. The van der Waals surface area contributed by atoms with E-state index in [1.807, 2.05) is 47.6 Å². The highest BCUT2D eigenvalue weighted by Crippen LogP contribution is 2.25. The Hall–Kier alpha value is -2.96. The lowest BCUT2D eigenvalue weighted by atomic mass is 10.0. The molecule has 1 aliphatic rings. The molecule has 7 heteroatoms. The Labute approximate surface area is 157 Å². The molecule has 1 saturated heterocycles. The molecule has 0 aliphatic carbocycles. The summed E-state index contributed by atoms with van der Waals surface area (Å²) in [7, 11) is 0. The van der Waals surface area contributed by atoms with Gasteiger partial charge in [0.25, 0.3) is 5.91 Å². The number of H-pyrrole nitrogens is 1. The summed E-state index contributed by atoms with van der Waals surface area (Å²) in [4.78, 5) is 38.6. The van der Waals surface area contributed by atoms with Gasteiger partial charge in [0.2, 0.25) is 0 Å². The van der Waals surface area contributed by atoms with Crippen molar-refractivity contribution >= 4 is 16.9 Å². The van der Waals surface area contributed by atoms with Crippen molar-refractivity contribution in [2.24, 2.45) is 0 Å². The first kappa shape index (κ1) is 17.5. The van der Waals surface area contributed by atoms with Crippen molar-refractivity contribution in [3.8, 4) is 0 Å². The van der Waals surface area contributed by atoms with Crippen LogP contribution < -0.4 is 5.69 Å². The SMILES string of the molecule is CC(C)c1nccc(C(=O)N2CCC(n3c(=O)[nH]c4ccccc43)CC2)n1. The molecule has 0 bridgehead atoms. The second-order valence-corrected chi connectivity index (χ2v) is 7.30. The minimum Gasteiger partial charge on any atom is -0.337 e. The zero-order valence-electron chi connectivity index (χ0n) is 15.6. The van der Waals surface area contributed by atoms with Gasteiger partial charge in [-0.05, 0) is 31.0 Å². The number of para-hydroxylation sites is 2. The molecule has 0 unspecified atom stereocenters. The van der Waals surface area contributed by atoms with Crippen molar-refractivity contribution in [3.63, 3.8) is 0 Å². The van der Waals surface area contributed by atoms with E-state index in [2.05, 4.69) is 15.0 Å². The third kappa shape index (κ3) is 3.25. The molecule has 27 heavy (non-hydrogen) atoms. The fraction of sp³-hybridized carbons (Fsp3) is 0.400. The Morgan fingerprint density at radius 2 is 1.93 bits per heavy atom. The van der Waals surface area contributed by atoms with E-state index in [0.29, 0.717) is 24.6 Å². The van der Waals surface area contributed by atoms with Crippen LogP contribution in [0.4, 0.5) is 0 Å². The van der Waals surface area contributed by atoms with Gasteiger partial charge in [0.15, 0.2) is 0 Å². The van der Waals surface area contributed by atoms with Crippen molar-refractivity contribution in [2.45, 2.75) is 38.6 Å². The summed E-state index contributed by atoms with van der Waals surface area (Å²) in [5.74, 6) is 0.794. The number of piperidine rings is 1. The van der Waals surface area contributed by atoms with Crippen molar-refractivity contribution in [1.82, 2.24) is 24.4 Å².